The third-order valence-electron chi connectivity index (χ3n) is 3.54. The number of aryl methyl sites for hydroxylation is 1. The van der Waals surface area contributed by atoms with Crippen molar-refractivity contribution in [3.63, 3.8) is 0 Å². The van der Waals surface area contributed by atoms with Gasteiger partial charge in [0.1, 0.15) is 11.5 Å². The Morgan fingerprint density at radius 2 is 1.91 bits per heavy atom. The number of alkyl halides is 6. The zero-order valence-corrected chi connectivity index (χ0v) is 11.2. The van der Waals surface area contributed by atoms with Crippen LogP contribution in [0, 0.1) is 6.92 Å². The molecule has 2 aromatic rings. The van der Waals surface area contributed by atoms with Crippen molar-refractivity contribution in [2.75, 3.05) is 11.9 Å². The summed E-state index contributed by atoms with van der Waals surface area (Å²) in [5, 5.41) is 6.61. The van der Waals surface area contributed by atoms with Gasteiger partial charge in [0.25, 0.3) is 0 Å². The number of rotatable bonds is 0. The molecule has 0 fully saturated rings. The summed E-state index contributed by atoms with van der Waals surface area (Å²) in [5.41, 5.74) is -1.34. The summed E-state index contributed by atoms with van der Waals surface area (Å²) < 4.78 is 78.0. The van der Waals surface area contributed by atoms with Crippen molar-refractivity contribution in [2.24, 2.45) is 0 Å². The van der Waals surface area contributed by atoms with Gasteiger partial charge in [-0.1, -0.05) is 0 Å². The van der Waals surface area contributed by atoms with Crippen LogP contribution in [0.4, 0.5) is 32.2 Å². The van der Waals surface area contributed by atoms with Crippen molar-refractivity contribution < 1.29 is 26.3 Å². The van der Waals surface area contributed by atoms with E-state index in [0.29, 0.717) is 4.68 Å². The molecule has 0 saturated heterocycles. The van der Waals surface area contributed by atoms with Crippen molar-refractivity contribution in [3.05, 3.63) is 17.3 Å². The van der Waals surface area contributed by atoms with Crippen LogP contribution in [0.25, 0.3) is 11.0 Å². The van der Waals surface area contributed by atoms with Crippen molar-refractivity contribution in [1.82, 2.24) is 14.8 Å². The number of hydrogen-bond donors (Lipinski definition) is 1. The Morgan fingerprint density at radius 1 is 1.23 bits per heavy atom. The number of nitrogens with zero attached hydrogens (tertiary/aromatic N) is 3. The average molecular weight is 324 g/mol. The number of pyridine rings is 1. The molecule has 120 valence electrons. The van der Waals surface area contributed by atoms with E-state index < -0.39 is 24.1 Å². The minimum absolute atomic E-state index is 0.0577. The minimum Gasteiger partial charge on any atom is -0.370 e. The van der Waals surface area contributed by atoms with E-state index in [1.165, 1.54) is 6.92 Å². The predicted octanol–water partition coefficient (Wildman–Crippen LogP) is 3.68. The Hall–Kier alpha value is -2.00. The largest absolute Gasteiger partial charge is 0.433 e. The quantitative estimate of drug-likeness (QED) is 0.752. The van der Waals surface area contributed by atoms with Gasteiger partial charge in [0.2, 0.25) is 0 Å². The van der Waals surface area contributed by atoms with E-state index in [4.69, 9.17) is 0 Å². The molecule has 1 aliphatic rings. The Kier molecular flexibility index (Phi) is 3.05. The first kappa shape index (κ1) is 14.9. The second-order valence-electron chi connectivity index (χ2n) is 5.09. The van der Waals surface area contributed by atoms with Crippen LogP contribution in [0.5, 0.6) is 0 Å². The molecule has 0 aliphatic carbocycles. The lowest BCUT2D eigenvalue weighted by Crippen LogP contribution is -2.33. The Morgan fingerprint density at radius 3 is 2.50 bits per heavy atom. The summed E-state index contributed by atoms with van der Waals surface area (Å²) in [6, 6.07) is -1.06. The Balaban J connectivity index is 2.24. The molecule has 3 rings (SSSR count). The van der Waals surface area contributed by atoms with Crippen molar-refractivity contribution in [1.29, 1.82) is 0 Å². The Bertz CT molecular complexity index is 730. The van der Waals surface area contributed by atoms with Gasteiger partial charge in [-0.3, -0.25) is 0 Å². The van der Waals surface area contributed by atoms with E-state index in [1.807, 2.05) is 0 Å². The van der Waals surface area contributed by atoms with Crippen LogP contribution in [0.2, 0.25) is 0 Å². The van der Waals surface area contributed by atoms with E-state index in [-0.39, 0.29) is 35.4 Å². The van der Waals surface area contributed by atoms with Gasteiger partial charge in [0.15, 0.2) is 11.7 Å². The van der Waals surface area contributed by atoms with Gasteiger partial charge < -0.3 is 5.32 Å². The zero-order chi connectivity index (χ0) is 16.3. The third kappa shape index (κ3) is 2.26. The van der Waals surface area contributed by atoms with Crippen LogP contribution >= 0.6 is 0 Å². The molecule has 0 amide bonds. The molecule has 1 N–H and O–H groups in total. The fourth-order valence-corrected chi connectivity index (χ4v) is 2.58. The molecular weight excluding hydrogens is 314 g/mol. The lowest BCUT2D eigenvalue weighted by molar-refractivity contribution is -0.171. The molecule has 1 atom stereocenters. The molecule has 2 aromatic heterocycles. The lowest BCUT2D eigenvalue weighted by atomic mass is 10.1. The summed E-state index contributed by atoms with van der Waals surface area (Å²) in [5.74, 6) is 0.0577. The normalized spacial score (nSPS) is 19.1. The molecule has 0 bridgehead atoms. The lowest BCUT2D eigenvalue weighted by Gasteiger charge is -2.27. The van der Waals surface area contributed by atoms with Crippen LogP contribution in [0.3, 0.4) is 0 Å². The highest BCUT2D eigenvalue weighted by Crippen LogP contribution is 2.41. The van der Waals surface area contributed by atoms with Crippen molar-refractivity contribution >= 4 is 16.9 Å². The van der Waals surface area contributed by atoms with E-state index in [9.17, 15) is 26.3 Å². The van der Waals surface area contributed by atoms with Gasteiger partial charge in [0, 0.05) is 6.54 Å². The number of halogens is 6. The topological polar surface area (TPSA) is 42.7 Å². The molecule has 10 heteroatoms. The molecule has 0 unspecified atom stereocenters. The van der Waals surface area contributed by atoms with Crippen LogP contribution < -0.4 is 5.32 Å². The van der Waals surface area contributed by atoms with Crippen LogP contribution in [-0.2, 0) is 6.18 Å². The van der Waals surface area contributed by atoms with E-state index in [1.54, 1.807) is 0 Å². The smallest absolute Gasteiger partial charge is 0.370 e. The maximum Gasteiger partial charge on any atom is 0.433 e. The highest BCUT2D eigenvalue weighted by atomic mass is 19.4. The number of nitrogens with one attached hydrogen (secondary N) is 1. The maximum absolute atomic E-state index is 13.0. The number of fused-ring (bicyclic) bond motifs is 3. The fourth-order valence-electron chi connectivity index (χ4n) is 2.58. The maximum atomic E-state index is 13.0. The first-order chi connectivity index (χ1) is 10.1. The van der Waals surface area contributed by atoms with Gasteiger partial charge in [-0.2, -0.15) is 26.3 Å². The standard InChI is InChI=1S/C12H10F6N4/c1-5-4-6(11(13,14)15)20-9-8(5)10-19-3-2-7(12(16,17)18)22(10)21-9/h4,7,19H,2-3H2,1H3/t7-/m0/s1. The predicted molar refractivity (Wildman–Crippen MR) is 65.5 cm³/mol. The summed E-state index contributed by atoms with van der Waals surface area (Å²) >= 11 is 0. The number of anilines is 1. The molecule has 0 saturated carbocycles. The first-order valence-electron chi connectivity index (χ1n) is 6.36. The number of aromatic nitrogens is 3. The monoisotopic (exact) mass is 324 g/mol. The van der Waals surface area contributed by atoms with Crippen LogP contribution in [0.1, 0.15) is 23.7 Å². The molecule has 3 heterocycles. The molecular formula is C12H10F6N4. The average Bonchev–Trinajstić information content (AvgIpc) is 2.74. The second-order valence-corrected chi connectivity index (χ2v) is 5.09. The van der Waals surface area contributed by atoms with Crippen molar-refractivity contribution in [3.8, 4) is 0 Å². The second kappa shape index (κ2) is 4.50. The van der Waals surface area contributed by atoms with Crippen molar-refractivity contribution in [2.45, 2.75) is 31.7 Å². The highest BCUT2D eigenvalue weighted by Gasteiger charge is 2.45. The molecule has 0 aromatic carbocycles. The van der Waals surface area contributed by atoms with Gasteiger partial charge in [0.05, 0.1) is 5.39 Å². The van der Waals surface area contributed by atoms with Gasteiger partial charge in [-0.15, -0.1) is 5.10 Å². The van der Waals surface area contributed by atoms with Gasteiger partial charge in [-0.25, -0.2) is 9.67 Å². The minimum atomic E-state index is -4.68. The van der Waals surface area contributed by atoms with E-state index in [2.05, 4.69) is 15.4 Å². The highest BCUT2D eigenvalue weighted by molar-refractivity contribution is 5.91. The summed E-state index contributed by atoms with van der Waals surface area (Å²) in [6.45, 7) is 1.45. The Labute approximate surface area is 120 Å². The summed E-state index contributed by atoms with van der Waals surface area (Å²) in [4.78, 5) is 3.36. The SMILES string of the molecule is Cc1cc(C(F)(F)F)nc2nn3c(c12)NCC[C@H]3C(F)(F)F. The first-order valence-corrected chi connectivity index (χ1v) is 6.36. The zero-order valence-electron chi connectivity index (χ0n) is 11.2. The third-order valence-corrected chi connectivity index (χ3v) is 3.54. The van der Waals surface area contributed by atoms with Crippen LogP contribution in [0.15, 0.2) is 6.07 Å². The van der Waals surface area contributed by atoms with Gasteiger partial charge >= 0.3 is 12.4 Å². The van der Waals surface area contributed by atoms with E-state index in [0.717, 1.165) is 6.07 Å². The van der Waals surface area contributed by atoms with E-state index >= 15 is 0 Å². The fraction of sp³-hybridized carbons (Fsp3) is 0.500. The molecule has 22 heavy (non-hydrogen) atoms. The molecule has 0 spiro atoms. The number of hydrogen-bond acceptors (Lipinski definition) is 3. The molecule has 0 radical (unpaired) electrons. The summed E-state index contributed by atoms with van der Waals surface area (Å²) in [7, 11) is 0. The van der Waals surface area contributed by atoms with Crippen LogP contribution in [-0.4, -0.2) is 27.5 Å². The molecule has 1 aliphatic heterocycles. The van der Waals surface area contributed by atoms with Gasteiger partial charge in [-0.05, 0) is 25.0 Å². The molecule has 4 nitrogen and oxygen atoms in total. The summed E-state index contributed by atoms with van der Waals surface area (Å²) in [6.07, 6.45) is -9.45.